The van der Waals surface area contributed by atoms with E-state index in [-0.39, 0.29) is 46.7 Å². The Labute approximate surface area is 286 Å². The van der Waals surface area contributed by atoms with Gasteiger partial charge in [0.15, 0.2) is 5.78 Å². The Hall–Kier alpha value is -4.10. The van der Waals surface area contributed by atoms with E-state index in [0.29, 0.717) is 50.3 Å². The minimum atomic E-state index is -0.833. The number of piperidine rings is 1. The topological polar surface area (TPSA) is 126 Å². The van der Waals surface area contributed by atoms with E-state index in [4.69, 9.17) is 0 Å². The molecule has 1 N–H and O–H groups in total. The van der Waals surface area contributed by atoms with Crippen molar-refractivity contribution in [3.63, 3.8) is 0 Å². The van der Waals surface area contributed by atoms with Gasteiger partial charge in [-0.05, 0) is 77.4 Å². The average molecular weight is 718 g/mol. The highest BCUT2D eigenvalue weighted by Gasteiger charge is 2.68. The second kappa shape index (κ2) is 11.8. The molecule has 2 saturated heterocycles. The zero-order valence-corrected chi connectivity index (χ0v) is 29.3. The monoisotopic (exact) mass is 716 g/mol. The first-order valence-electron chi connectivity index (χ1n) is 16.1. The molecular formula is C35H38BrFN8O3. The Kier molecular flexibility index (Phi) is 7.97. The summed E-state index contributed by atoms with van der Waals surface area (Å²) < 4.78 is 16.7. The van der Waals surface area contributed by atoms with E-state index in [9.17, 15) is 18.8 Å². The summed E-state index contributed by atoms with van der Waals surface area (Å²) in [6, 6.07) is 6.31. The van der Waals surface area contributed by atoms with Gasteiger partial charge in [0.1, 0.15) is 41.2 Å². The second-order valence-electron chi connectivity index (χ2n) is 14.4. The molecule has 7 rings (SSSR count). The van der Waals surface area contributed by atoms with Crippen molar-refractivity contribution in [2.45, 2.75) is 72.8 Å². The molecule has 1 aromatic carbocycles. The van der Waals surface area contributed by atoms with Crippen molar-refractivity contribution in [1.82, 2.24) is 34.5 Å². The van der Waals surface area contributed by atoms with Crippen LogP contribution in [0.5, 0.6) is 0 Å². The van der Waals surface area contributed by atoms with E-state index >= 15 is 0 Å². The van der Waals surface area contributed by atoms with Crippen LogP contribution in [0.1, 0.15) is 61.1 Å². The van der Waals surface area contributed by atoms with Crippen LogP contribution in [0.25, 0.3) is 22.0 Å². The molecule has 3 fully saturated rings. The molecule has 3 aliphatic rings. The molecule has 1 aliphatic carbocycles. The van der Waals surface area contributed by atoms with Gasteiger partial charge in [0.2, 0.25) is 11.8 Å². The Balaban J connectivity index is 1.22. The first-order chi connectivity index (χ1) is 22.8. The number of alkyl halides is 1. The Bertz CT molecular complexity index is 1970. The number of anilines is 1. The van der Waals surface area contributed by atoms with E-state index in [1.165, 1.54) is 11.6 Å². The third-order valence-electron chi connectivity index (χ3n) is 9.95. The summed E-state index contributed by atoms with van der Waals surface area (Å²) in [5.41, 5.74) is 3.03. The van der Waals surface area contributed by atoms with Crippen LogP contribution in [0.4, 0.5) is 10.2 Å². The fourth-order valence-corrected chi connectivity index (χ4v) is 8.10. The van der Waals surface area contributed by atoms with Crippen LogP contribution in [0.2, 0.25) is 0 Å². The van der Waals surface area contributed by atoms with Gasteiger partial charge in [-0.15, -0.1) is 0 Å². The molecule has 2 amide bonds. The van der Waals surface area contributed by atoms with Crippen LogP contribution >= 0.6 is 15.9 Å². The molecule has 0 bridgehead atoms. The first-order valence-corrected chi connectivity index (χ1v) is 16.9. The van der Waals surface area contributed by atoms with Gasteiger partial charge in [-0.2, -0.15) is 5.10 Å². The van der Waals surface area contributed by atoms with E-state index in [2.05, 4.69) is 60.0 Å². The summed E-state index contributed by atoms with van der Waals surface area (Å²) in [4.78, 5) is 58.2. The van der Waals surface area contributed by atoms with E-state index in [1.54, 1.807) is 36.4 Å². The minimum Gasteiger partial charge on any atom is -0.325 e. The van der Waals surface area contributed by atoms with Gasteiger partial charge >= 0.3 is 0 Å². The number of aryl methyl sites for hydroxylation is 2. The number of aromatic nitrogens is 5. The predicted molar refractivity (Wildman–Crippen MR) is 182 cm³/mol. The van der Waals surface area contributed by atoms with Crippen LogP contribution in [-0.4, -0.2) is 83.8 Å². The molecule has 0 spiro atoms. The lowest BCUT2D eigenvalue weighted by Gasteiger charge is -2.47. The van der Waals surface area contributed by atoms with Gasteiger partial charge in [-0.3, -0.25) is 19.1 Å². The normalized spacial score (nSPS) is 22.8. The number of likely N-dealkylation sites (tertiary alicyclic amines) is 2. The third kappa shape index (κ3) is 5.80. The molecule has 3 aromatic heterocycles. The number of pyridine rings is 1. The molecular weight excluding hydrogens is 679 g/mol. The summed E-state index contributed by atoms with van der Waals surface area (Å²) >= 11 is 3.38. The molecule has 48 heavy (non-hydrogen) atoms. The highest BCUT2D eigenvalue weighted by molar-refractivity contribution is 9.10. The highest BCUT2D eigenvalue weighted by atomic mass is 79.9. The van der Waals surface area contributed by atoms with Crippen LogP contribution < -0.4 is 5.32 Å². The first kappa shape index (κ1) is 32.4. The van der Waals surface area contributed by atoms with Crippen molar-refractivity contribution in [2.75, 3.05) is 25.0 Å². The summed E-state index contributed by atoms with van der Waals surface area (Å²) in [6.07, 6.45) is 4.65. The zero-order valence-electron chi connectivity index (χ0n) is 27.7. The van der Waals surface area contributed by atoms with Gasteiger partial charge in [0, 0.05) is 66.9 Å². The zero-order chi connectivity index (χ0) is 34.1. The number of amides is 2. The van der Waals surface area contributed by atoms with Gasteiger partial charge in [0.05, 0.1) is 5.52 Å². The number of ketones is 1. The summed E-state index contributed by atoms with van der Waals surface area (Å²) in [7, 11) is 0. The van der Waals surface area contributed by atoms with Crippen molar-refractivity contribution in [1.29, 1.82) is 0 Å². The lowest BCUT2D eigenvalue weighted by molar-refractivity contribution is -0.138. The Morgan fingerprint density at radius 2 is 1.79 bits per heavy atom. The second-order valence-corrected chi connectivity index (χ2v) is 15.3. The summed E-state index contributed by atoms with van der Waals surface area (Å²) in [6.45, 7) is 11.2. The summed E-state index contributed by atoms with van der Waals surface area (Å²) in [5, 5.41) is 7.98. The van der Waals surface area contributed by atoms with Crippen LogP contribution in [0.15, 0.2) is 41.3 Å². The molecule has 0 unspecified atom stereocenters. The van der Waals surface area contributed by atoms with Crippen LogP contribution in [0, 0.1) is 24.7 Å². The lowest BCUT2D eigenvalue weighted by atomic mass is 9.83. The maximum atomic E-state index is 14.7. The number of fused-ring (bicyclic) bond motifs is 2. The molecule has 3 atom stereocenters. The minimum absolute atomic E-state index is 0.107. The quantitative estimate of drug-likeness (QED) is 0.183. The number of Topliss-reactive ketones (excluding diaryl/α,β-unsaturated/α-hetero) is 1. The van der Waals surface area contributed by atoms with Gasteiger partial charge < -0.3 is 15.1 Å². The molecule has 11 nitrogen and oxygen atoms in total. The number of carbonyl (C=O) groups is 3. The van der Waals surface area contributed by atoms with Crippen LogP contribution in [-0.2, 0) is 22.8 Å². The van der Waals surface area contributed by atoms with Crippen molar-refractivity contribution in [2.24, 2.45) is 10.8 Å². The fraction of sp³-hybridized carbons (Fsp3) is 0.457. The lowest BCUT2D eigenvalue weighted by Crippen LogP contribution is -2.54. The Morgan fingerprint density at radius 1 is 1.06 bits per heavy atom. The van der Waals surface area contributed by atoms with Gasteiger partial charge in [-0.1, -0.05) is 19.9 Å². The number of nitrogens with one attached hydrogen (secondary N) is 1. The average Bonchev–Trinajstić information content (AvgIpc) is 3.42. The fourth-order valence-electron chi connectivity index (χ4n) is 7.79. The van der Waals surface area contributed by atoms with E-state index in [0.717, 1.165) is 31.6 Å². The number of hydrogen-bond acceptors (Lipinski definition) is 8. The van der Waals surface area contributed by atoms with Crippen LogP contribution in [0.3, 0.4) is 0 Å². The van der Waals surface area contributed by atoms with Crippen molar-refractivity contribution in [3.8, 4) is 11.1 Å². The van der Waals surface area contributed by atoms with Crippen molar-refractivity contribution >= 4 is 50.2 Å². The summed E-state index contributed by atoms with van der Waals surface area (Å²) in [5.74, 6) is 0.140. The molecule has 5 heterocycles. The molecule has 2 aliphatic heterocycles. The molecule has 0 radical (unpaired) electrons. The number of halogens is 2. The maximum Gasteiger partial charge on any atom is 0.248 e. The standard InChI is InChI=1S/C35H38BrFN8O3/c1-19-6-7-28(36)40-32(19)41-33(48)26-10-35(18-43-16-34(4,5)17-43)11-27(35)45(26)29(47)15-44-31-23(12-37)8-22(24-13-38-21(3)39-14-24)9-25(31)30(42-44)20(2)46/h6-9,13-14,26-27H,10-12,15-18H2,1-5H3,(H,40,41,48)/t26-,27+,35-/m0/s1. The van der Waals surface area contributed by atoms with Gasteiger partial charge in [0.25, 0.3) is 0 Å². The number of nitrogens with zero attached hydrogens (tertiary/aromatic N) is 7. The number of rotatable bonds is 9. The molecule has 4 aromatic rings. The largest absolute Gasteiger partial charge is 0.325 e. The highest BCUT2D eigenvalue weighted by Crippen LogP contribution is 2.60. The molecule has 250 valence electrons. The third-order valence-corrected chi connectivity index (χ3v) is 10.4. The SMILES string of the molecule is CC(=O)c1nn(CC(=O)N2[C@H](C(=O)Nc3nc(Br)ccc3C)C[C@@]3(CN4CC(C)(C)C4)C[C@@H]23)c2c(CF)cc(-c3cnc(C)nc3)cc12. The van der Waals surface area contributed by atoms with Crippen molar-refractivity contribution in [3.05, 3.63) is 63.9 Å². The molecule has 1 saturated carbocycles. The maximum absolute atomic E-state index is 14.7. The number of benzene rings is 1. The van der Waals surface area contributed by atoms with Gasteiger partial charge in [-0.25, -0.2) is 19.3 Å². The van der Waals surface area contributed by atoms with E-state index < -0.39 is 12.7 Å². The smallest absolute Gasteiger partial charge is 0.248 e. The Morgan fingerprint density at radius 3 is 2.46 bits per heavy atom. The predicted octanol–water partition coefficient (Wildman–Crippen LogP) is 5.28. The molecule has 13 heteroatoms. The van der Waals surface area contributed by atoms with Crippen molar-refractivity contribution < 1.29 is 18.8 Å². The number of carbonyl (C=O) groups excluding carboxylic acids is 3. The van der Waals surface area contributed by atoms with E-state index in [1.807, 2.05) is 19.1 Å². The number of hydrogen-bond donors (Lipinski definition) is 1.